The number of aromatic nitrogens is 1. The van der Waals surface area contributed by atoms with Crippen LogP contribution >= 0.6 is 0 Å². The molecule has 2 nitrogen and oxygen atoms in total. The van der Waals surface area contributed by atoms with Crippen molar-refractivity contribution in [3.63, 3.8) is 0 Å². The molecular weight excluding hydrogens is 184 g/mol. The Morgan fingerprint density at radius 2 is 2.20 bits per heavy atom. The third-order valence-electron chi connectivity index (χ3n) is 3.70. The van der Waals surface area contributed by atoms with E-state index < -0.39 is 0 Å². The Hall–Kier alpha value is -1.05. The quantitative estimate of drug-likeness (QED) is 0.813. The first-order chi connectivity index (χ1) is 7.24. The van der Waals surface area contributed by atoms with E-state index in [2.05, 4.69) is 29.4 Å². The number of nitrogens with one attached hydrogen (secondary N) is 1. The van der Waals surface area contributed by atoms with Gasteiger partial charge in [-0.15, -0.1) is 0 Å². The van der Waals surface area contributed by atoms with Gasteiger partial charge in [-0.25, -0.2) is 4.98 Å². The minimum atomic E-state index is 0.561. The van der Waals surface area contributed by atoms with E-state index in [1.54, 1.807) is 0 Å². The van der Waals surface area contributed by atoms with Crippen LogP contribution in [0.1, 0.15) is 38.3 Å². The van der Waals surface area contributed by atoms with E-state index in [-0.39, 0.29) is 0 Å². The van der Waals surface area contributed by atoms with Gasteiger partial charge in [0.25, 0.3) is 0 Å². The van der Waals surface area contributed by atoms with Gasteiger partial charge in [0.2, 0.25) is 0 Å². The first-order valence-electron chi connectivity index (χ1n) is 5.92. The molecule has 0 spiro atoms. The Balaban J connectivity index is 1.92. The highest BCUT2D eigenvalue weighted by Gasteiger charge is 2.34. The molecular formula is C13H20N2. The zero-order valence-corrected chi connectivity index (χ0v) is 9.71. The fraction of sp³-hybridized carbons (Fsp3) is 0.615. The minimum Gasteiger partial charge on any atom is -0.370 e. The van der Waals surface area contributed by atoms with Gasteiger partial charge < -0.3 is 5.32 Å². The molecule has 1 heterocycles. The maximum Gasteiger partial charge on any atom is 0.126 e. The summed E-state index contributed by atoms with van der Waals surface area (Å²) in [5, 5.41) is 3.47. The van der Waals surface area contributed by atoms with Crippen molar-refractivity contribution in [1.29, 1.82) is 0 Å². The summed E-state index contributed by atoms with van der Waals surface area (Å²) in [5.41, 5.74) is 1.64. The van der Waals surface area contributed by atoms with E-state index in [0.29, 0.717) is 5.41 Å². The van der Waals surface area contributed by atoms with Gasteiger partial charge in [-0.05, 0) is 43.7 Å². The number of hydrogen-bond acceptors (Lipinski definition) is 2. The number of aryl methyl sites for hydroxylation is 1. The average Bonchev–Trinajstić information content (AvgIpc) is 2.17. The molecule has 0 aromatic carbocycles. The van der Waals surface area contributed by atoms with Crippen molar-refractivity contribution in [1.82, 2.24) is 4.98 Å². The van der Waals surface area contributed by atoms with Crippen LogP contribution < -0.4 is 5.32 Å². The van der Waals surface area contributed by atoms with Gasteiger partial charge in [-0.3, -0.25) is 0 Å². The monoisotopic (exact) mass is 204 g/mol. The van der Waals surface area contributed by atoms with Gasteiger partial charge in [0.1, 0.15) is 5.82 Å². The average molecular weight is 204 g/mol. The molecule has 1 aromatic rings. The third kappa shape index (κ3) is 2.31. The summed E-state index contributed by atoms with van der Waals surface area (Å²) in [4.78, 5) is 4.46. The van der Waals surface area contributed by atoms with E-state index in [4.69, 9.17) is 0 Å². The first kappa shape index (κ1) is 10.5. The smallest absolute Gasteiger partial charge is 0.126 e. The molecule has 1 aromatic heterocycles. The molecule has 1 aliphatic rings. The lowest BCUT2D eigenvalue weighted by molar-refractivity contribution is 0.145. The lowest BCUT2D eigenvalue weighted by Crippen LogP contribution is -2.36. The van der Waals surface area contributed by atoms with Crippen molar-refractivity contribution in [2.45, 2.75) is 39.5 Å². The van der Waals surface area contributed by atoms with E-state index in [1.165, 1.54) is 25.7 Å². The van der Waals surface area contributed by atoms with Crippen molar-refractivity contribution < 1.29 is 0 Å². The fourth-order valence-corrected chi connectivity index (χ4v) is 2.25. The van der Waals surface area contributed by atoms with Crippen LogP contribution in [0.25, 0.3) is 0 Å². The molecule has 0 unspecified atom stereocenters. The highest BCUT2D eigenvalue weighted by molar-refractivity contribution is 5.35. The van der Waals surface area contributed by atoms with E-state index in [0.717, 1.165) is 18.1 Å². The second-order valence-corrected chi connectivity index (χ2v) is 4.72. The predicted octanol–water partition coefficient (Wildman–Crippen LogP) is 3.38. The Morgan fingerprint density at radius 3 is 2.73 bits per heavy atom. The standard InChI is InChI=1S/C13H20N2/c1-3-13(8-5-9-13)10-14-12-7-4-6-11(2)15-12/h4,6-7H,3,5,8-10H2,1-2H3,(H,14,15). The summed E-state index contributed by atoms with van der Waals surface area (Å²) in [7, 11) is 0. The van der Waals surface area contributed by atoms with E-state index >= 15 is 0 Å². The molecule has 0 saturated heterocycles. The summed E-state index contributed by atoms with van der Waals surface area (Å²) in [6.45, 7) is 5.41. The number of hydrogen-bond donors (Lipinski definition) is 1. The number of nitrogens with zero attached hydrogens (tertiary/aromatic N) is 1. The Bertz CT molecular complexity index is 324. The molecule has 0 amide bonds. The van der Waals surface area contributed by atoms with E-state index in [1.807, 2.05) is 13.0 Å². The maximum absolute atomic E-state index is 4.46. The van der Waals surface area contributed by atoms with Crippen LogP contribution in [-0.2, 0) is 0 Å². The molecule has 1 saturated carbocycles. The minimum absolute atomic E-state index is 0.561. The van der Waals surface area contributed by atoms with Crippen molar-refractivity contribution in [3.8, 4) is 0 Å². The highest BCUT2D eigenvalue weighted by Crippen LogP contribution is 2.43. The zero-order chi connectivity index (χ0) is 10.7. The topological polar surface area (TPSA) is 24.9 Å². The molecule has 1 fully saturated rings. The second-order valence-electron chi connectivity index (χ2n) is 4.72. The van der Waals surface area contributed by atoms with Crippen LogP contribution in [0.4, 0.5) is 5.82 Å². The molecule has 15 heavy (non-hydrogen) atoms. The summed E-state index contributed by atoms with van der Waals surface area (Å²) in [6.07, 6.45) is 5.44. The second kappa shape index (κ2) is 4.21. The predicted molar refractivity (Wildman–Crippen MR) is 64.0 cm³/mol. The molecule has 1 N–H and O–H groups in total. The van der Waals surface area contributed by atoms with Crippen molar-refractivity contribution in [3.05, 3.63) is 23.9 Å². The number of rotatable bonds is 4. The Labute approximate surface area is 92.1 Å². The molecule has 82 valence electrons. The fourth-order valence-electron chi connectivity index (χ4n) is 2.25. The van der Waals surface area contributed by atoms with Crippen LogP contribution in [-0.4, -0.2) is 11.5 Å². The maximum atomic E-state index is 4.46. The largest absolute Gasteiger partial charge is 0.370 e. The summed E-state index contributed by atoms with van der Waals surface area (Å²) < 4.78 is 0. The first-order valence-corrected chi connectivity index (χ1v) is 5.92. The lowest BCUT2D eigenvalue weighted by atomic mass is 9.67. The van der Waals surface area contributed by atoms with Gasteiger partial charge in [-0.2, -0.15) is 0 Å². The molecule has 0 atom stereocenters. The summed E-state index contributed by atoms with van der Waals surface area (Å²) in [6, 6.07) is 6.14. The van der Waals surface area contributed by atoms with Crippen LogP contribution in [0.15, 0.2) is 18.2 Å². The van der Waals surface area contributed by atoms with Crippen molar-refractivity contribution >= 4 is 5.82 Å². The van der Waals surface area contributed by atoms with Crippen molar-refractivity contribution in [2.24, 2.45) is 5.41 Å². The lowest BCUT2D eigenvalue weighted by Gasteiger charge is -2.41. The van der Waals surface area contributed by atoms with Crippen LogP contribution in [0.2, 0.25) is 0 Å². The normalized spacial score (nSPS) is 18.3. The van der Waals surface area contributed by atoms with Gasteiger partial charge in [0.15, 0.2) is 0 Å². The van der Waals surface area contributed by atoms with Gasteiger partial charge in [-0.1, -0.05) is 19.4 Å². The molecule has 0 aliphatic heterocycles. The highest BCUT2D eigenvalue weighted by atomic mass is 15.0. The van der Waals surface area contributed by atoms with Gasteiger partial charge >= 0.3 is 0 Å². The van der Waals surface area contributed by atoms with Crippen LogP contribution in [0.5, 0.6) is 0 Å². The molecule has 0 bridgehead atoms. The van der Waals surface area contributed by atoms with E-state index in [9.17, 15) is 0 Å². The Kier molecular flexibility index (Phi) is 2.94. The molecule has 2 rings (SSSR count). The summed E-state index contributed by atoms with van der Waals surface area (Å²) in [5.74, 6) is 1.02. The Morgan fingerprint density at radius 1 is 1.40 bits per heavy atom. The summed E-state index contributed by atoms with van der Waals surface area (Å²) >= 11 is 0. The van der Waals surface area contributed by atoms with Crippen LogP contribution in [0, 0.1) is 12.3 Å². The number of pyridine rings is 1. The third-order valence-corrected chi connectivity index (χ3v) is 3.70. The van der Waals surface area contributed by atoms with Crippen LogP contribution in [0.3, 0.4) is 0 Å². The molecule has 2 heteroatoms. The molecule has 0 radical (unpaired) electrons. The van der Waals surface area contributed by atoms with Gasteiger partial charge in [0.05, 0.1) is 0 Å². The van der Waals surface area contributed by atoms with Crippen molar-refractivity contribution in [2.75, 3.05) is 11.9 Å². The van der Waals surface area contributed by atoms with Gasteiger partial charge in [0, 0.05) is 12.2 Å². The zero-order valence-electron chi connectivity index (χ0n) is 9.71. The number of anilines is 1. The molecule has 1 aliphatic carbocycles. The SMILES string of the molecule is CCC1(CNc2cccc(C)n2)CCC1.